The van der Waals surface area contributed by atoms with E-state index in [1.165, 1.54) is 18.4 Å². The van der Waals surface area contributed by atoms with Crippen LogP contribution < -0.4 is 9.64 Å². The van der Waals surface area contributed by atoms with Gasteiger partial charge in [0, 0.05) is 43.3 Å². The lowest BCUT2D eigenvalue weighted by molar-refractivity contribution is 0.0601. The molecule has 164 valence electrons. The molecular formula is C25H31N3O3. The first-order chi connectivity index (χ1) is 15.2. The van der Waals surface area contributed by atoms with Crippen LogP contribution >= 0.6 is 0 Å². The van der Waals surface area contributed by atoms with Crippen LogP contribution in [0.3, 0.4) is 0 Å². The van der Waals surface area contributed by atoms with Gasteiger partial charge in [0.2, 0.25) is 0 Å². The molecule has 6 nitrogen and oxygen atoms in total. The molecule has 1 aromatic heterocycles. The average Bonchev–Trinajstić information content (AvgIpc) is 3.24. The topological polar surface area (TPSA) is 57.8 Å². The highest BCUT2D eigenvalue weighted by molar-refractivity contribution is 5.95. The smallest absolute Gasteiger partial charge is 0.337 e. The highest BCUT2D eigenvalue weighted by Crippen LogP contribution is 2.28. The maximum atomic E-state index is 11.8. The number of benzene rings is 2. The molecule has 31 heavy (non-hydrogen) atoms. The minimum absolute atomic E-state index is 0.290. The van der Waals surface area contributed by atoms with Gasteiger partial charge >= 0.3 is 5.97 Å². The molecule has 1 N–H and O–H groups in total. The number of fused-ring (bicyclic) bond motifs is 1. The number of methoxy groups -OCH3 is 2. The molecule has 0 radical (unpaired) electrons. The van der Waals surface area contributed by atoms with Gasteiger partial charge in [-0.2, -0.15) is 0 Å². The summed E-state index contributed by atoms with van der Waals surface area (Å²) in [6.45, 7) is 5.33. The summed E-state index contributed by atoms with van der Waals surface area (Å²) in [4.78, 5) is 20.1. The number of rotatable bonds is 8. The Morgan fingerprint density at radius 3 is 2.61 bits per heavy atom. The molecule has 1 aliphatic rings. The Morgan fingerprint density at radius 2 is 1.84 bits per heavy atom. The van der Waals surface area contributed by atoms with E-state index in [-0.39, 0.29) is 5.97 Å². The van der Waals surface area contributed by atoms with Gasteiger partial charge in [-0.1, -0.05) is 12.1 Å². The molecule has 0 spiro atoms. The van der Waals surface area contributed by atoms with Crippen molar-refractivity contribution >= 4 is 22.6 Å². The highest BCUT2D eigenvalue weighted by atomic mass is 16.5. The minimum Gasteiger partial charge on any atom is -0.495 e. The van der Waals surface area contributed by atoms with Gasteiger partial charge in [-0.3, -0.25) is 4.90 Å². The van der Waals surface area contributed by atoms with Crippen molar-refractivity contribution in [2.75, 3.05) is 51.8 Å². The fourth-order valence-corrected chi connectivity index (χ4v) is 4.38. The molecule has 0 bridgehead atoms. The third kappa shape index (κ3) is 4.85. The van der Waals surface area contributed by atoms with Crippen LogP contribution in [0.5, 0.6) is 5.75 Å². The number of carbonyl (C=O) groups excluding carboxylic acids is 1. The van der Waals surface area contributed by atoms with Crippen molar-refractivity contribution in [2.24, 2.45) is 0 Å². The molecule has 1 aliphatic heterocycles. The van der Waals surface area contributed by atoms with Crippen LogP contribution in [0.1, 0.15) is 28.8 Å². The number of nitrogens with zero attached hydrogens (tertiary/aromatic N) is 2. The van der Waals surface area contributed by atoms with E-state index in [1.807, 2.05) is 24.3 Å². The number of aryl methyl sites for hydroxylation is 1. The van der Waals surface area contributed by atoms with E-state index < -0.39 is 0 Å². The number of hydrogen-bond donors (Lipinski definition) is 1. The lowest BCUT2D eigenvalue weighted by atomic mass is 10.0. The molecule has 2 heterocycles. The van der Waals surface area contributed by atoms with Crippen LogP contribution in [0.15, 0.2) is 48.7 Å². The molecule has 0 saturated carbocycles. The summed E-state index contributed by atoms with van der Waals surface area (Å²) < 4.78 is 10.4. The second kappa shape index (κ2) is 9.88. The molecule has 2 aromatic carbocycles. The Balaban J connectivity index is 1.25. The van der Waals surface area contributed by atoms with Crippen molar-refractivity contribution in [2.45, 2.75) is 19.3 Å². The summed E-state index contributed by atoms with van der Waals surface area (Å²) >= 11 is 0. The molecule has 0 aliphatic carbocycles. The fraction of sp³-hybridized carbons (Fsp3) is 0.400. The standard InChI is InChI=1S/C25H31N3O3/c1-30-24-9-4-3-8-23(24)28-15-13-27(14-16-28)12-6-5-7-20-18-26-22-11-10-19(17-21(20)22)25(29)31-2/h3-4,8-11,17-18,26H,5-7,12-16H2,1-2H3. The van der Waals surface area contributed by atoms with Crippen LogP contribution in [0.25, 0.3) is 10.9 Å². The number of unbranched alkanes of at least 4 members (excludes halogenated alkanes) is 1. The molecule has 1 saturated heterocycles. The van der Waals surface area contributed by atoms with Crippen molar-refractivity contribution in [3.63, 3.8) is 0 Å². The van der Waals surface area contributed by atoms with E-state index in [0.717, 1.165) is 68.6 Å². The number of hydrogen-bond acceptors (Lipinski definition) is 5. The summed E-state index contributed by atoms with van der Waals surface area (Å²) in [6, 6.07) is 13.9. The normalized spacial score (nSPS) is 14.7. The summed E-state index contributed by atoms with van der Waals surface area (Å²) in [5.74, 6) is 0.659. The number of anilines is 1. The zero-order valence-corrected chi connectivity index (χ0v) is 18.4. The molecule has 1 fully saturated rings. The first-order valence-electron chi connectivity index (χ1n) is 11.0. The number of aromatic amines is 1. The van der Waals surface area contributed by atoms with Crippen LogP contribution in [-0.4, -0.2) is 62.8 Å². The van der Waals surface area contributed by atoms with E-state index >= 15 is 0 Å². The summed E-state index contributed by atoms with van der Waals surface area (Å²) in [5.41, 5.74) is 4.12. The quantitative estimate of drug-likeness (QED) is 0.438. The van der Waals surface area contributed by atoms with E-state index in [9.17, 15) is 4.79 Å². The van der Waals surface area contributed by atoms with Crippen LogP contribution in [0.4, 0.5) is 5.69 Å². The van der Waals surface area contributed by atoms with Crippen molar-refractivity contribution in [1.29, 1.82) is 0 Å². The number of para-hydroxylation sites is 2. The Hall–Kier alpha value is -2.99. The lowest BCUT2D eigenvalue weighted by Gasteiger charge is -2.36. The molecule has 0 unspecified atom stereocenters. The Kier molecular flexibility index (Phi) is 6.77. The number of piperazine rings is 1. The lowest BCUT2D eigenvalue weighted by Crippen LogP contribution is -2.46. The summed E-state index contributed by atoms with van der Waals surface area (Å²) in [5, 5.41) is 1.12. The third-order valence-electron chi connectivity index (χ3n) is 6.16. The van der Waals surface area contributed by atoms with Crippen LogP contribution in [0.2, 0.25) is 0 Å². The predicted molar refractivity (Wildman–Crippen MR) is 124 cm³/mol. The number of esters is 1. The number of H-pyrrole nitrogens is 1. The van der Waals surface area contributed by atoms with Gasteiger partial charge in [0.25, 0.3) is 0 Å². The monoisotopic (exact) mass is 421 g/mol. The van der Waals surface area contributed by atoms with Gasteiger partial charge in [-0.15, -0.1) is 0 Å². The van der Waals surface area contributed by atoms with E-state index in [2.05, 4.69) is 33.1 Å². The molecule has 4 rings (SSSR count). The number of aromatic nitrogens is 1. The summed E-state index contributed by atoms with van der Waals surface area (Å²) in [7, 11) is 3.15. The average molecular weight is 422 g/mol. The molecule has 0 atom stereocenters. The minimum atomic E-state index is -0.290. The fourth-order valence-electron chi connectivity index (χ4n) is 4.38. The zero-order chi connectivity index (χ0) is 21.6. The van der Waals surface area contributed by atoms with Gasteiger partial charge < -0.3 is 19.4 Å². The molecule has 3 aromatic rings. The molecular weight excluding hydrogens is 390 g/mol. The predicted octanol–water partition coefficient (Wildman–Crippen LogP) is 4.11. The van der Waals surface area contributed by atoms with Crippen molar-refractivity contribution in [1.82, 2.24) is 9.88 Å². The van der Waals surface area contributed by atoms with E-state index in [4.69, 9.17) is 9.47 Å². The van der Waals surface area contributed by atoms with Gasteiger partial charge in [-0.05, 0) is 61.7 Å². The van der Waals surface area contributed by atoms with Gasteiger partial charge in [-0.25, -0.2) is 4.79 Å². The van der Waals surface area contributed by atoms with Crippen molar-refractivity contribution in [3.05, 3.63) is 59.8 Å². The second-order valence-corrected chi connectivity index (χ2v) is 8.02. The van der Waals surface area contributed by atoms with Crippen LogP contribution in [0, 0.1) is 0 Å². The zero-order valence-electron chi connectivity index (χ0n) is 18.4. The largest absolute Gasteiger partial charge is 0.495 e. The van der Waals surface area contributed by atoms with E-state index in [1.54, 1.807) is 13.2 Å². The van der Waals surface area contributed by atoms with Gasteiger partial charge in [0.15, 0.2) is 0 Å². The Bertz CT molecular complexity index is 1020. The second-order valence-electron chi connectivity index (χ2n) is 8.02. The first-order valence-corrected chi connectivity index (χ1v) is 11.0. The van der Waals surface area contributed by atoms with Crippen LogP contribution in [-0.2, 0) is 11.2 Å². The van der Waals surface area contributed by atoms with Crippen molar-refractivity contribution < 1.29 is 14.3 Å². The maximum Gasteiger partial charge on any atom is 0.337 e. The van der Waals surface area contributed by atoms with Gasteiger partial charge in [0.05, 0.1) is 25.5 Å². The van der Waals surface area contributed by atoms with Crippen molar-refractivity contribution in [3.8, 4) is 5.75 Å². The number of nitrogens with one attached hydrogen (secondary N) is 1. The maximum absolute atomic E-state index is 11.8. The Morgan fingerprint density at radius 1 is 1.03 bits per heavy atom. The molecule has 6 heteroatoms. The van der Waals surface area contributed by atoms with Gasteiger partial charge in [0.1, 0.15) is 5.75 Å². The number of ether oxygens (including phenoxy) is 2. The molecule has 0 amide bonds. The first kappa shape index (κ1) is 21.2. The third-order valence-corrected chi connectivity index (χ3v) is 6.16. The van der Waals surface area contributed by atoms with E-state index in [0.29, 0.717) is 5.56 Å². The Labute approximate surface area is 183 Å². The number of carbonyl (C=O) groups is 1. The summed E-state index contributed by atoms with van der Waals surface area (Å²) in [6.07, 6.45) is 5.36. The SMILES string of the molecule is COC(=O)c1ccc2[nH]cc(CCCCN3CCN(c4ccccc4OC)CC3)c2c1. The highest BCUT2D eigenvalue weighted by Gasteiger charge is 2.19.